The summed E-state index contributed by atoms with van der Waals surface area (Å²) < 4.78 is 0. The molecule has 0 bridgehead atoms. The molecule has 0 amide bonds. The average molecular weight is 112 g/mol. The number of halogens is 3. The second-order valence-electron chi connectivity index (χ2n) is 0.354. The summed E-state index contributed by atoms with van der Waals surface area (Å²) in [5.74, 6) is 0. The summed E-state index contributed by atoms with van der Waals surface area (Å²) in [6, 6.07) is 0. The normalized spacial score (nSPS) is 1.71. The lowest BCUT2D eigenvalue weighted by Gasteiger charge is -1.21. The van der Waals surface area contributed by atoms with Gasteiger partial charge in [0.1, 0.15) is 0 Å². The highest BCUT2D eigenvalue weighted by Crippen LogP contribution is 1.30. The molecule has 0 aliphatic carbocycles. The minimum atomic E-state index is 0. The molecule has 0 heterocycles. The van der Waals surface area contributed by atoms with Crippen LogP contribution in [0.3, 0.4) is 0 Å². The third-order valence-corrected chi connectivity index (χ3v) is 0.125. The van der Waals surface area contributed by atoms with Gasteiger partial charge in [0.15, 0.2) is 0 Å². The zero-order valence-corrected chi connectivity index (χ0v) is 3.64. The lowest BCUT2D eigenvalue weighted by Crippen LogP contribution is -0.988. The van der Waals surface area contributed by atoms with Crippen molar-refractivity contribution in [1.82, 2.24) is 0 Å². The second-order valence-corrected chi connectivity index (χ2v) is 0.354. The van der Waals surface area contributed by atoms with Gasteiger partial charge in [0.25, 0.3) is 0 Å². The Bertz CT molecular complexity index is 57.0. The molecule has 0 nitrogen and oxygen atoms in total. The molecule has 0 saturated carbocycles. The molecule has 0 aliphatic rings. The molecular weight excluding hydrogens is 105 g/mol. The fourth-order valence-electron chi connectivity index (χ4n) is 0. The molecule has 0 aromatic rings. The summed E-state index contributed by atoms with van der Waals surface area (Å²) in [6.07, 6.45) is 0. The summed E-state index contributed by atoms with van der Waals surface area (Å²) in [4.78, 5) is 0. The molecule has 0 aliphatic heterocycles. The first-order chi connectivity index (χ1) is 1.91. The third kappa shape index (κ3) is 6000. The highest BCUT2D eigenvalue weighted by molar-refractivity contribution is 4.66. The van der Waals surface area contributed by atoms with E-state index in [9.17, 15) is 0 Å². The first-order valence-corrected chi connectivity index (χ1v) is 0.957. The lowest BCUT2D eigenvalue weighted by atomic mass is 10.9. The van der Waals surface area contributed by atoms with E-state index in [4.69, 9.17) is 0 Å². The van der Waals surface area contributed by atoms with Crippen LogP contribution >= 0.6 is 0 Å². The number of rotatable bonds is 0. The fourth-order valence-corrected chi connectivity index (χ4v) is 0. The molecular formula is C4H7F3. The lowest BCUT2D eigenvalue weighted by molar-refractivity contribution is 1.11. The Balaban J connectivity index is -0.0000000150. The molecule has 0 radical (unpaired) electrons. The van der Waals surface area contributed by atoms with Crippen LogP contribution in [0.2, 0.25) is 0 Å². The van der Waals surface area contributed by atoms with Gasteiger partial charge in [-0.2, -0.15) is 0 Å². The van der Waals surface area contributed by atoms with Gasteiger partial charge < -0.3 is 0 Å². The van der Waals surface area contributed by atoms with Gasteiger partial charge in [-0.15, -0.1) is 0 Å². The first-order valence-electron chi connectivity index (χ1n) is 0.957. The van der Waals surface area contributed by atoms with Crippen molar-refractivity contribution in [1.29, 1.82) is 0 Å². The quantitative estimate of drug-likeness (QED) is 0.417. The molecule has 44 valence electrons. The molecule has 0 atom stereocenters. The van der Waals surface area contributed by atoms with Crippen molar-refractivity contribution in [2.75, 3.05) is 0 Å². The molecule has 0 fully saturated rings. The molecule has 0 rings (SSSR count). The van der Waals surface area contributed by atoms with Crippen LogP contribution in [0.15, 0.2) is 24.6 Å². The van der Waals surface area contributed by atoms with Gasteiger partial charge in [-0.25, -0.2) is 0 Å². The molecule has 7 heavy (non-hydrogen) atoms. The van der Waals surface area contributed by atoms with Crippen molar-refractivity contribution in [3.63, 3.8) is 0 Å². The highest BCUT2D eigenvalue weighted by Gasteiger charge is 1.08. The zero-order valence-electron chi connectivity index (χ0n) is 3.64. The van der Waals surface area contributed by atoms with E-state index in [0.29, 0.717) is 0 Å². The number of hydrogen-bond acceptors (Lipinski definition) is 0. The first kappa shape index (κ1) is 36.1. The van der Waals surface area contributed by atoms with Crippen molar-refractivity contribution >= 4 is 0 Å². The Morgan fingerprint density at radius 1 is 0.714 bits per heavy atom. The van der Waals surface area contributed by atoms with Gasteiger partial charge in [0, 0.05) is 0 Å². The van der Waals surface area contributed by atoms with Crippen molar-refractivity contribution in [3.8, 4) is 0 Å². The summed E-state index contributed by atoms with van der Waals surface area (Å²) >= 11 is 0. The van der Waals surface area contributed by atoms with Gasteiger partial charge in [0.2, 0.25) is 0 Å². The summed E-state index contributed by atoms with van der Waals surface area (Å²) in [6.45, 7) is 6.36. The molecule has 0 spiro atoms. The fraction of sp³-hybridized carbons (Fsp3) is 0. The van der Waals surface area contributed by atoms with Crippen LogP contribution in [0.1, 0.15) is 0 Å². The van der Waals surface area contributed by atoms with E-state index in [1.54, 1.807) is 0 Å². The Hall–Kier alpha value is -0.910. The van der Waals surface area contributed by atoms with Crippen LogP contribution < -0.4 is 0 Å². The summed E-state index contributed by atoms with van der Waals surface area (Å²) in [5, 5.41) is 0. The monoisotopic (exact) mass is 112 g/mol. The topological polar surface area (TPSA) is 0 Å². The Labute approximate surface area is 40.0 Å². The predicted octanol–water partition coefficient (Wildman–Crippen LogP) is 1.57. The maximum atomic E-state index is 3.18. The van der Waals surface area contributed by atoms with Crippen LogP contribution in [0.25, 0.3) is 0 Å². The van der Waals surface area contributed by atoms with Crippen molar-refractivity contribution in [2.45, 2.75) is 0 Å². The van der Waals surface area contributed by atoms with Crippen LogP contribution in [0.5, 0.6) is 0 Å². The van der Waals surface area contributed by atoms with Crippen molar-refractivity contribution in [3.05, 3.63) is 24.6 Å². The zero-order chi connectivity index (χ0) is 3.41. The van der Waals surface area contributed by atoms with Gasteiger partial charge >= 0.3 is 0 Å². The predicted molar refractivity (Wildman–Crippen MR) is 25.8 cm³/mol. The second kappa shape index (κ2) is 71.7. The highest BCUT2D eigenvalue weighted by atomic mass is 19.0. The van der Waals surface area contributed by atoms with E-state index in [-0.39, 0.29) is 14.1 Å². The molecule has 0 unspecified atom stereocenters. The Kier molecular flexibility index (Phi) is 370. The summed E-state index contributed by atoms with van der Waals surface area (Å²) in [5.41, 5.74) is 4.64. The molecule has 0 N–H and O–H groups in total. The molecule has 0 saturated heterocycles. The van der Waals surface area contributed by atoms with E-state index >= 15 is 0 Å². The standard InChI is InChI=1S/C4H4.3FH/c1-3-4-2;;;/h1-2H2;3*1H. The van der Waals surface area contributed by atoms with Gasteiger partial charge in [-0.1, -0.05) is 11.5 Å². The van der Waals surface area contributed by atoms with E-state index in [0.717, 1.165) is 0 Å². The van der Waals surface area contributed by atoms with Gasteiger partial charge in [0.05, 0.1) is 0 Å². The Morgan fingerprint density at radius 2 is 0.857 bits per heavy atom. The van der Waals surface area contributed by atoms with E-state index < -0.39 is 0 Å². The van der Waals surface area contributed by atoms with E-state index in [1.807, 2.05) is 0 Å². The maximum Gasteiger partial charge on any atom is -0.0481 e. The van der Waals surface area contributed by atoms with E-state index in [2.05, 4.69) is 24.6 Å². The van der Waals surface area contributed by atoms with Gasteiger partial charge in [-0.3, -0.25) is 14.1 Å². The maximum absolute atomic E-state index is 3.18. The molecule has 0 aromatic carbocycles. The molecule has 3 heteroatoms. The molecule has 0 aromatic heterocycles. The SMILES string of the molecule is C=C=C=C.F.F.F. The van der Waals surface area contributed by atoms with Crippen molar-refractivity contribution in [2.24, 2.45) is 0 Å². The van der Waals surface area contributed by atoms with Crippen LogP contribution in [-0.4, -0.2) is 0 Å². The van der Waals surface area contributed by atoms with Crippen LogP contribution in [0, 0.1) is 0 Å². The Morgan fingerprint density at radius 3 is 0.857 bits per heavy atom. The smallest absolute Gasteiger partial charge is 0.0481 e. The van der Waals surface area contributed by atoms with Crippen molar-refractivity contribution < 1.29 is 14.1 Å². The number of hydrogen-bond donors (Lipinski definition) is 0. The average Bonchev–Trinajstić information content (AvgIpc) is 1.37. The minimum absolute atomic E-state index is 0. The minimum Gasteiger partial charge on any atom is -0.269 e. The van der Waals surface area contributed by atoms with Gasteiger partial charge in [-0.05, 0) is 13.2 Å². The third-order valence-electron chi connectivity index (χ3n) is 0.125. The van der Waals surface area contributed by atoms with Crippen LogP contribution in [0.4, 0.5) is 14.1 Å². The van der Waals surface area contributed by atoms with Crippen LogP contribution in [-0.2, 0) is 0 Å². The largest absolute Gasteiger partial charge is 0.269 e. The van der Waals surface area contributed by atoms with E-state index in [1.165, 1.54) is 0 Å². The summed E-state index contributed by atoms with van der Waals surface area (Å²) in [7, 11) is 0.